The van der Waals surface area contributed by atoms with E-state index in [4.69, 9.17) is 4.74 Å². The summed E-state index contributed by atoms with van der Waals surface area (Å²) in [5.41, 5.74) is 4.36. The third kappa shape index (κ3) is 6.54. The first kappa shape index (κ1) is 18.9. The van der Waals surface area contributed by atoms with Crippen LogP contribution in [0.25, 0.3) is 0 Å². The van der Waals surface area contributed by atoms with Crippen molar-refractivity contribution in [2.45, 2.75) is 32.1 Å². The van der Waals surface area contributed by atoms with Gasteiger partial charge in [-0.3, -0.25) is 30.0 Å². The molecule has 25 heavy (non-hydrogen) atoms. The Labute approximate surface area is 149 Å². The molecule has 3 N–H and O–H groups in total. The first-order valence-corrected chi connectivity index (χ1v) is 9.00. The number of hydrazine groups is 1. The Morgan fingerprint density at radius 2 is 1.88 bits per heavy atom. The molecule has 0 aromatic carbocycles. The maximum absolute atomic E-state index is 11.9. The molecule has 1 aromatic heterocycles. The second-order valence-corrected chi connectivity index (χ2v) is 6.64. The summed E-state index contributed by atoms with van der Waals surface area (Å²) in [7, 11) is 0. The van der Waals surface area contributed by atoms with Crippen LogP contribution in [-0.2, 0) is 19.1 Å². The van der Waals surface area contributed by atoms with E-state index in [1.165, 1.54) is 11.3 Å². The van der Waals surface area contributed by atoms with E-state index in [0.717, 1.165) is 32.1 Å². The first-order valence-electron chi connectivity index (χ1n) is 8.12. The van der Waals surface area contributed by atoms with Crippen LogP contribution in [0.3, 0.4) is 0 Å². The number of carbonyl (C=O) groups is 4. The minimum Gasteiger partial charge on any atom is -0.454 e. The molecular formula is C16H21N3O5S. The molecule has 0 bridgehead atoms. The average molecular weight is 367 g/mol. The Morgan fingerprint density at radius 3 is 2.56 bits per heavy atom. The van der Waals surface area contributed by atoms with Crippen LogP contribution in [0.2, 0.25) is 0 Å². The highest BCUT2D eigenvalue weighted by Crippen LogP contribution is 2.23. The normalized spacial score (nSPS) is 14.4. The molecule has 3 amide bonds. The van der Waals surface area contributed by atoms with Gasteiger partial charge in [0.1, 0.15) is 6.54 Å². The minimum absolute atomic E-state index is 0.0442. The number of hydrogen-bond acceptors (Lipinski definition) is 6. The van der Waals surface area contributed by atoms with E-state index in [1.54, 1.807) is 17.5 Å². The fourth-order valence-corrected chi connectivity index (χ4v) is 3.12. The van der Waals surface area contributed by atoms with Crippen molar-refractivity contribution in [1.82, 2.24) is 16.2 Å². The summed E-state index contributed by atoms with van der Waals surface area (Å²) in [6.45, 7) is -0.812. The summed E-state index contributed by atoms with van der Waals surface area (Å²) in [6.07, 6.45) is 4.88. The molecule has 1 heterocycles. The van der Waals surface area contributed by atoms with E-state index in [-0.39, 0.29) is 18.4 Å². The molecule has 9 heteroatoms. The lowest BCUT2D eigenvalue weighted by molar-refractivity contribution is -0.148. The van der Waals surface area contributed by atoms with Crippen molar-refractivity contribution in [2.75, 3.05) is 13.2 Å². The van der Waals surface area contributed by atoms with Crippen LogP contribution in [0.15, 0.2) is 17.5 Å². The number of nitrogens with one attached hydrogen (secondary N) is 3. The van der Waals surface area contributed by atoms with Gasteiger partial charge >= 0.3 is 5.97 Å². The Morgan fingerprint density at radius 1 is 1.12 bits per heavy atom. The van der Waals surface area contributed by atoms with E-state index < -0.39 is 24.4 Å². The van der Waals surface area contributed by atoms with E-state index in [0.29, 0.717) is 4.88 Å². The van der Waals surface area contributed by atoms with Gasteiger partial charge in [-0.05, 0) is 24.3 Å². The molecule has 8 nitrogen and oxygen atoms in total. The molecule has 0 spiro atoms. The lowest BCUT2D eigenvalue weighted by Gasteiger charge is -2.20. The molecule has 1 saturated carbocycles. The molecule has 2 rings (SSSR count). The third-order valence-electron chi connectivity index (χ3n) is 3.81. The van der Waals surface area contributed by atoms with Gasteiger partial charge < -0.3 is 10.1 Å². The maximum atomic E-state index is 11.9. The molecule has 1 aliphatic rings. The lowest BCUT2D eigenvalue weighted by atomic mass is 9.89. The minimum atomic E-state index is -0.705. The average Bonchev–Trinajstić information content (AvgIpc) is 3.18. The fraction of sp³-hybridized carbons (Fsp3) is 0.500. The molecule has 0 saturated heterocycles. The van der Waals surface area contributed by atoms with Crippen LogP contribution in [0.4, 0.5) is 0 Å². The number of thiophene rings is 1. The summed E-state index contributed by atoms with van der Waals surface area (Å²) < 4.78 is 4.75. The van der Waals surface area contributed by atoms with Gasteiger partial charge in [0.15, 0.2) is 6.61 Å². The third-order valence-corrected chi connectivity index (χ3v) is 4.68. The Hall–Kier alpha value is -2.42. The molecular weight excluding hydrogens is 346 g/mol. The van der Waals surface area contributed by atoms with E-state index >= 15 is 0 Å². The van der Waals surface area contributed by atoms with Crippen LogP contribution in [0.1, 0.15) is 41.8 Å². The number of rotatable bonds is 6. The number of esters is 1. The largest absolute Gasteiger partial charge is 0.454 e. The lowest BCUT2D eigenvalue weighted by Crippen LogP contribution is -2.44. The summed E-state index contributed by atoms with van der Waals surface area (Å²) in [4.78, 5) is 47.0. The molecule has 0 atom stereocenters. The van der Waals surface area contributed by atoms with Gasteiger partial charge in [-0.25, -0.2) is 0 Å². The summed E-state index contributed by atoms with van der Waals surface area (Å²) >= 11 is 1.23. The van der Waals surface area contributed by atoms with Crippen LogP contribution in [-0.4, -0.2) is 36.8 Å². The Bertz CT molecular complexity index is 611. The molecule has 0 unspecified atom stereocenters. The number of amides is 3. The highest BCUT2D eigenvalue weighted by atomic mass is 32.1. The number of ether oxygens (including phenoxy) is 1. The van der Waals surface area contributed by atoms with Crippen molar-refractivity contribution in [3.63, 3.8) is 0 Å². The fourth-order valence-electron chi connectivity index (χ4n) is 2.50. The first-order chi connectivity index (χ1) is 12.1. The van der Waals surface area contributed by atoms with Gasteiger partial charge in [-0.1, -0.05) is 25.3 Å². The topological polar surface area (TPSA) is 114 Å². The van der Waals surface area contributed by atoms with E-state index in [9.17, 15) is 19.2 Å². The smallest absolute Gasteiger partial charge is 0.325 e. The zero-order valence-corrected chi connectivity index (χ0v) is 14.5. The van der Waals surface area contributed by atoms with Crippen molar-refractivity contribution >= 4 is 35.0 Å². The standard InChI is InChI=1S/C16H21N3O5S/c20-13(18-19-16(23)12-7-4-8-25-12)10-24-14(21)9-17-15(22)11-5-2-1-3-6-11/h4,7-8,11H,1-3,5-6,9-10H2,(H,17,22)(H,18,20)(H,19,23). The molecule has 0 radical (unpaired) electrons. The van der Waals surface area contributed by atoms with Crippen LogP contribution in [0.5, 0.6) is 0 Å². The molecule has 1 aromatic rings. The van der Waals surface area contributed by atoms with Gasteiger partial charge in [-0.15, -0.1) is 11.3 Å². The Balaban J connectivity index is 1.58. The SMILES string of the molecule is O=C(COC(=O)CNC(=O)C1CCCCC1)NNC(=O)c1cccs1. The van der Waals surface area contributed by atoms with Gasteiger partial charge in [0.2, 0.25) is 5.91 Å². The summed E-state index contributed by atoms with van der Waals surface area (Å²) in [5, 5.41) is 4.27. The maximum Gasteiger partial charge on any atom is 0.325 e. The molecule has 1 fully saturated rings. The van der Waals surface area contributed by atoms with Crippen molar-refractivity contribution in [3.8, 4) is 0 Å². The van der Waals surface area contributed by atoms with Crippen LogP contribution < -0.4 is 16.2 Å². The zero-order valence-electron chi connectivity index (χ0n) is 13.7. The predicted molar refractivity (Wildman–Crippen MR) is 90.5 cm³/mol. The van der Waals surface area contributed by atoms with Gasteiger partial charge in [0, 0.05) is 5.92 Å². The van der Waals surface area contributed by atoms with Crippen molar-refractivity contribution in [1.29, 1.82) is 0 Å². The molecule has 1 aliphatic carbocycles. The zero-order chi connectivity index (χ0) is 18.1. The number of carbonyl (C=O) groups excluding carboxylic acids is 4. The van der Waals surface area contributed by atoms with Crippen molar-refractivity contribution in [2.24, 2.45) is 5.92 Å². The van der Waals surface area contributed by atoms with Crippen molar-refractivity contribution < 1.29 is 23.9 Å². The van der Waals surface area contributed by atoms with Gasteiger partial charge in [0.05, 0.1) is 4.88 Å². The predicted octanol–water partition coefficient (Wildman–Crippen LogP) is 0.749. The molecule has 0 aliphatic heterocycles. The monoisotopic (exact) mass is 367 g/mol. The van der Waals surface area contributed by atoms with Crippen LogP contribution in [0, 0.1) is 5.92 Å². The highest BCUT2D eigenvalue weighted by Gasteiger charge is 2.21. The van der Waals surface area contributed by atoms with E-state index in [1.807, 2.05) is 0 Å². The van der Waals surface area contributed by atoms with Crippen LogP contribution >= 0.6 is 11.3 Å². The quantitative estimate of drug-likeness (QED) is 0.507. The molecule has 136 valence electrons. The van der Waals surface area contributed by atoms with Gasteiger partial charge in [-0.2, -0.15) is 0 Å². The van der Waals surface area contributed by atoms with E-state index in [2.05, 4.69) is 16.2 Å². The Kier molecular flexibility index (Phi) is 7.39. The van der Waals surface area contributed by atoms with Crippen molar-refractivity contribution in [3.05, 3.63) is 22.4 Å². The number of hydrogen-bond donors (Lipinski definition) is 3. The second kappa shape index (κ2) is 9.77. The second-order valence-electron chi connectivity index (χ2n) is 5.69. The summed E-state index contributed by atoms with van der Waals surface area (Å²) in [5.74, 6) is -2.02. The highest BCUT2D eigenvalue weighted by molar-refractivity contribution is 7.12. The summed E-state index contributed by atoms with van der Waals surface area (Å²) in [6, 6.07) is 3.33. The van der Waals surface area contributed by atoms with Gasteiger partial charge in [0.25, 0.3) is 11.8 Å².